The van der Waals surface area contributed by atoms with Gasteiger partial charge >= 0.3 is 0 Å². The molecule has 0 aromatic carbocycles. The first-order valence-electron chi connectivity index (χ1n) is 8.88. The Morgan fingerprint density at radius 2 is 1.96 bits per heavy atom. The molecule has 2 aromatic rings. The van der Waals surface area contributed by atoms with Gasteiger partial charge in [-0.3, -0.25) is 0 Å². The molecule has 3 rings (SSSR count). The molecule has 24 heavy (non-hydrogen) atoms. The van der Waals surface area contributed by atoms with E-state index < -0.39 is 0 Å². The van der Waals surface area contributed by atoms with Crippen molar-refractivity contribution in [3.63, 3.8) is 0 Å². The van der Waals surface area contributed by atoms with E-state index in [0.717, 1.165) is 50.0 Å². The molecule has 1 aliphatic carbocycles. The molecular weight excluding hydrogens is 302 g/mol. The molecule has 2 heterocycles. The van der Waals surface area contributed by atoms with Crippen molar-refractivity contribution in [3.8, 4) is 0 Å². The largest absolute Gasteiger partial charge is 0.368 e. The molecule has 5 N–H and O–H groups in total. The number of fused-ring (bicyclic) bond motifs is 1. The van der Waals surface area contributed by atoms with Gasteiger partial charge in [-0.05, 0) is 37.5 Å². The topological polar surface area (TPSA) is 105 Å². The Balaban J connectivity index is 1.72. The molecule has 2 aromatic heterocycles. The zero-order valence-electron chi connectivity index (χ0n) is 14.9. The van der Waals surface area contributed by atoms with Gasteiger partial charge in [-0.1, -0.05) is 20.8 Å². The normalized spacial score (nSPS) is 21.8. The maximum atomic E-state index is 5.98. The van der Waals surface area contributed by atoms with Crippen molar-refractivity contribution in [1.29, 1.82) is 0 Å². The molecule has 1 fully saturated rings. The molecule has 1 saturated carbocycles. The lowest BCUT2D eigenvalue weighted by Gasteiger charge is -2.26. The summed E-state index contributed by atoms with van der Waals surface area (Å²) in [5.74, 6) is 1.46. The number of anilines is 2. The lowest BCUT2D eigenvalue weighted by atomic mass is 9.92. The Bertz CT molecular complexity index is 665. The summed E-state index contributed by atoms with van der Waals surface area (Å²) in [4.78, 5) is 16.6. The predicted molar refractivity (Wildman–Crippen MR) is 98.1 cm³/mol. The highest BCUT2D eigenvalue weighted by atomic mass is 15.2. The Hall–Kier alpha value is -1.89. The van der Waals surface area contributed by atoms with Crippen LogP contribution in [-0.4, -0.2) is 38.6 Å². The van der Waals surface area contributed by atoms with Gasteiger partial charge in [0.25, 0.3) is 0 Å². The van der Waals surface area contributed by atoms with E-state index in [4.69, 9.17) is 5.73 Å². The summed E-state index contributed by atoms with van der Waals surface area (Å²) in [6.07, 6.45) is 6.97. The van der Waals surface area contributed by atoms with Gasteiger partial charge in [-0.15, -0.1) is 0 Å². The number of aromatic amines is 1. The number of hydrogen-bond acceptors (Lipinski definition) is 6. The number of nitrogens with two attached hydrogens (primary N) is 1. The second-order valence-electron chi connectivity index (χ2n) is 7.99. The highest BCUT2D eigenvalue weighted by molar-refractivity contribution is 5.83. The van der Waals surface area contributed by atoms with Crippen molar-refractivity contribution in [2.45, 2.75) is 65.0 Å². The van der Waals surface area contributed by atoms with Crippen LogP contribution in [0.15, 0.2) is 6.33 Å². The third-order valence-electron chi connectivity index (χ3n) is 4.56. The first kappa shape index (κ1) is 17.0. The summed E-state index contributed by atoms with van der Waals surface area (Å²) in [5, 5.41) is 6.89. The fraction of sp³-hybridized carbons (Fsp3) is 0.706. The quantitative estimate of drug-likeness (QED) is 0.671. The average molecular weight is 331 g/mol. The molecule has 132 valence electrons. The van der Waals surface area contributed by atoms with E-state index in [0.29, 0.717) is 23.7 Å². The summed E-state index contributed by atoms with van der Waals surface area (Å²) >= 11 is 0. The second-order valence-corrected chi connectivity index (χ2v) is 7.99. The molecule has 0 bridgehead atoms. The van der Waals surface area contributed by atoms with E-state index >= 15 is 0 Å². The van der Waals surface area contributed by atoms with Crippen LogP contribution in [0.25, 0.3) is 11.2 Å². The van der Waals surface area contributed by atoms with E-state index in [9.17, 15) is 0 Å². The number of nitrogens with one attached hydrogen (secondary N) is 3. The maximum absolute atomic E-state index is 5.98. The summed E-state index contributed by atoms with van der Waals surface area (Å²) in [6.45, 7) is 7.58. The summed E-state index contributed by atoms with van der Waals surface area (Å²) < 4.78 is 0. The molecule has 0 amide bonds. The predicted octanol–water partition coefficient (Wildman–Crippen LogP) is 2.88. The lowest BCUT2D eigenvalue weighted by Crippen LogP contribution is -2.33. The van der Waals surface area contributed by atoms with E-state index in [1.54, 1.807) is 6.33 Å². The average Bonchev–Trinajstić information content (AvgIpc) is 2.97. The van der Waals surface area contributed by atoms with E-state index in [1.807, 2.05) is 0 Å². The fourth-order valence-electron chi connectivity index (χ4n) is 3.03. The van der Waals surface area contributed by atoms with Gasteiger partial charge < -0.3 is 21.4 Å². The molecule has 7 nitrogen and oxygen atoms in total. The van der Waals surface area contributed by atoms with Gasteiger partial charge in [0.2, 0.25) is 5.95 Å². The van der Waals surface area contributed by atoms with Crippen LogP contribution >= 0.6 is 0 Å². The van der Waals surface area contributed by atoms with Gasteiger partial charge in [-0.2, -0.15) is 9.97 Å². The highest BCUT2D eigenvalue weighted by Crippen LogP contribution is 2.24. The minimum atomic E-state index is 0.287. The van der Waals surface area contributed by atoms with Gasteiger partial charge in [0.1, 0.15) is 5.52 Å². The SMILES string of the molecule is CC(C)(C)CCNc1nc(NC2CCC(N)CC2)nc2nc[nH]c12. The molecule has 0 radical (unpaired) electrons. The van der Waals surface area contributed by atoms with Crippen molar-refractivity contribution in [2.24, 2.45) is 11.1 Å². The lowest BCUT2D eigenvalue weighted by molar-refractivity contribution is 0.389. The monoisotopic (exact) mass is 331 g/mol. The maximum Gasteiger partial charge on any atom is 0.227 e. The van der Waals surface area contributed by atoms with Crippen molar-refractivity contribution < 1.29 is 0 Å². The third kappa shape index (κ3) is 4.35. The molecule has 0 atom stereocenters. The third-order valence-corrected chi connectivity index (χ3v) is 4.56. The Kier molecular flexibility index (Phi) is 4.89. The van der Waals surface area contributed by atoms with Crippen molar-refractivity contribution in [3.05, 3.63) is 6.33 Å². The molecule has 7 heteroatoms. The Morgan fingerprint density at radius 3 is 2.67 bits per heavy atom. The molecule has 0 spiro atoms. The van der Waals surface area contributed by atoms with E-state index in [2.05, 4.69) is 51.3 Å². The summed E-state index contributed by atoms with van der Waals surface area (Å²) in [7, 11) is 0. The second kappa shape index (κ2) is 6.93. The van der Waals surface area contributed by atoms with Gasteiger partial charge in [0, 0.05) is 18.6 Å². The molecule has 0 aliphatic heterocycles. The minimum Gasteiger partial charge on any atom is -0.368 e. The zero-order chi connectivity index (χ0) is 17.2. The van der Waals surface area contributed by atoms with Crippen LogP contribution in [-0.2, 0) is 0 Å². The van der Waals surface area contributed by atoms with Crippen LogP contribution in [0.2, 0.25) is 0 Å². The molecule has 0 saturated heterocycles. The first-order valence-corrected chi connectivity index (χ1v) is 8.88. The van der Waals surface area contributed by atoms with Crippen LogP contribution in [0.4, 0.5) is 11.8 Å². The van der Waals surface area contributed by atoms with Crippen LogP contribution in [0.3, 0.4) is 0 Å². The Labute approximate surface area is 143 Å². The van der Waals surface area contributed by atoms with Gasteiger partial charge in [-0.25, -0.2) is 4.98 Å². The van der Waals surface area contributed by atoms with Crippen molar-refractivity contribution in [2.75, 3.05) is 17.2 Å². The van der Waals surface area contributed by atoms with Crippen LogP contribution in [0.5, 0.6) is 0 Å². The van der Waals surface area contributed by atoms with Crippen molar-refractivity contribution >= 4 is 22.9 Å². The zero-order valence-corrected chi connectivity index (χ0v) is 14.9. The molecule has 0 unspecified atom stereocenters. The number of nitrogens with zero attached hydrogens (tertiary/aromatic N) is 3. The first-order chi connectivity index (χ1) is 11.4. The Morgan fingerprint density at radius 1 is 1.21 bits per heavy atom. The smallest absolute Gasteiger partial charge is 0.227 e. The van der Waals surface area contributed by atoms with E-state index in [-0.39, 0.29) is 5.41 Å². The standard InChI is InChI=1S/C17H29N7/c1-17(2,3)8-9-19-14-13-15(21-10-20-13)24-16(23-14)22-12-6-4-11(18)5-7-12/h10-12H,4-9,18H2,1-3H3,(H3,19,20,21,22,23,24). The highest BCUT2D eigenvalue weighted by Gasteiger charge is 2.20. The number of imidazole rings is 1. The summed E-state index contributed by atoms with van der Waals surface area (Å²) in [5.41, 5.74) is 7.82. The van der Waals surface area contributed by atoms with Gasteiger partial charge in [0.05, 0.1) is 6.33 Å². The van der Waals surface area contributed by atoms with E-state index in [1.165, 1.54) is 0 Å². The molecular formula is C17H29N7. The van der Waals surface area contributed by atoms with Crippen LogP contribution < -0.4 is 16.4 Å². The number of H-pyrrole nitrogens is 1. The minimum absolute atomic E-state index is 0.287. The number of rotatable bonds is 5. The number of aromatic nitrogens is 4. The fourth-order valence-corrected chi connectivity index (χ4v) is 3.03. The number of hydrogen-bond donors (Lipinski definition) is 4. The van der Waals surface area contributed by atoms with Gasteiger partial charge in [0.15, 0.2) is 11.5 Å². The van der Waals surface area contributed by atoms with Crippen LogP contribution in [0, 0.1) is 5.41 Å². The van der Waals surface area contributed by atoms with Crippen LogP contribution in [0.1, 0.15) is 52.9 Å². The molecule has 1 aliphatic rings. The van der Waals surface area contributed by atoms with Crippen molar-refractivity contribution in [1.82, 2.24) is 19.9 Å². The summed E-state index contributed by atoms with van der Waals surface area (Å²) in [6, 6.07) is 0.732.